The number of rotatable bonds is 14. The van der Waals surface area contributed by atoms with Crippen molar-refractivity contribution in [3.05, 3.63) is 58.6 Å². The van der Waals surface area contributed by atoms with Gasteiger partial charge in [0.25, 0.3) is 11.8 Å². The van der Waals surface area contributed by atoms with Crippen LogP contribution in [0.1, 0.15) is 52.4 Å². The van der Waals surface area contributed by atoms with E-state index in [1.807, 2.05) is 36.4 Å². The number of benzene rings is 2. The summed E-state index contributed by atoms with van der Waals surface area (Å²) >= 11 is 12.1. The minimum absolute atomic E-state index is 0. The van der Waals surface area contributed by atoms with Crippen molar-refractivity contribution in [1.29, 1.82) is 0 Å². The topological polar surface area (TPSA) is 73.6 Å². The lowest BCUT2D eigenvalue weighted by Gasteiger charge is -2.27. The smallest absolute Gasteiger partial charge is 0.279 e. The molecular formula is C34H54Cl4N6O2. The number of para-hydroxylation sites is 2. The third-order valence-electron chi connectivity index (χ3n) is 8.58. The SMILES string of the molecule is CC[NH+](CCN1CCCCC1)CC(=O)Nc1ccccc1Cl.CC[NH+](CCN1CCCCC1)CC(=O)Nc1ccccc1Cl.[Cl-].[Cl-]. The first-order valence-corrected chi connectivity index (χ1v) is 17.3. The van der Waals surface area contributed by atoms with Gasteiger partial charge in [-0.3, -0.25) is 19.4 Å². The molecule has 12 heteroatoms. The number of likely N-dealkylation sites (N-methyl/N-ethyl adjacent to an activating group) is 2. The summed E-state index contributed by atoms with van der Waals surface area (Å²) in [5.74, 6) is 0.0622. The molecule has 2 aliphatic rings. The second-order valence-electron chi connectivity index (χ2n) is 11.9. The van der Waals surface area contributed by atoms with E-state index in [1.165, 1.54) is 74.5 Å². The molecule has 0 radical (unpaired) electrons. The molecular weight excluding hydrogens is 666 g/mol. The Hall–Kier alpha value is -1.62. The molecule has 2 amide bonds. The normalized spacial score (nSPS) is 16.4. The highest BCUT2D eigenvalue weighted by Crippen LogP contribution is 2.20. The van der Waals surface area contributed by atoms with Gasteiger partial charge in [0, 0.05) is 13.1 Å². The van der Waals surface area contributed by atoms with Crippen LogP contribution in [0.4, 0.5) is 11.4 Å². The molecule has 2 heterocycles. The summed E-state index contributed by atoms with van der Waals surface area (Å²) in [6, 6.07) is 14.7. The lowest BCUT2D eigenvalue weighted by atomic mass is 10.1. The zero-order valence-corrected chi connectivity index (χ0v) is 30.6. The second-order valence-corrected chi connectivity index (χ2v) is 12.7. The molecule has 4 N–H and O–H groups in total. The Morgan fingerprint density at radius 3 is 1.30 bits per heavy atom. The summed E-state index contributed by atoms with van der Waals surface area (Å²) < 4.78 is 0. The maximum Gasteiger partial charge on any atom is 0.279 e. The third kappa shape index (κ3) is 16.5. The van der Waals surface area contributed by atoms with E-state index in [4.69, 9.17) is 23.2 Å². The molecule has 2 atom stereocenters. The van der Waals surface area contributed by atoms with E-state index in [-0.39, 0.29) is 36.6 Å². The van der Waals surface area contributed by atoms with Crippen LogP contribution in [0.2, 0.25) is 10.0 Å². The van der Waals surface area contributed by atoms with Gasteiger partial charge in [-0.25, -0.2) is 0 Å². The Morgan fingerprint density at radius 2 is 0.978 bits per heavy atom. The number of amides is 2. The molecule has 0 bridgehead atoms. The van der Waals surface area contributed by atoms with Gasteiger partial charge in [0.05, 0.1) is 47.6 Å². The van der Waals surface area contributed by atoms with Crippen molar-refractivity contribution in [2.45, 2.75) is 52.4 Å². The van der Waals surface area contributed by atoms with E-state index in [2.05, 4.69) is 34.3 Å². The number of carbonyl (C=O) groups excluding carboxylic acids is 2. The zero-order chi connectivity index (χ0) is 31.6. The highest BCUT2D eigenvalue weighted by atomic mass is 35.5. The molecule has 2 aromatic carbocycles. The Bertz CT molecular complexity index is 1040. The van der Waals surface area contributed by atoms with Gasteiger partial charge >= 0.3 is 0 Å². The van der Waals surface area contributed by atoms with Crippen molar-refractivity contribution in [1.82, 2.24) is 9.80 Å². The Balaban J connectivity index is 0.000000441. The average Bonchev–Trinajstić information content (AvgIpc) is 3.04. The van der Waals surface area contributed by atoms with Crippen molar-refractivity contribution < 1.29 is 44.2 Å². The van der Waals surface area contributed by atoms with Crippen LogP contribution in [0.5, 0.6) is 0 Å². The van der Waals surface area contributed by atoms with Gasteiger partial charge in [-0.05, 0) is 90.0 Å². The van der Waals surface area contributed by atoms with E-state index in [9.17, 15) is 9.59 Å². The van der Waals surface area contributed by atoms with Gasteiger partial charge in [0.15, 0.2) is 13.1 Å². The minimum Gasteiger partial charge on any atom is -1.00 e. The quantitative estimate of drug-likeness (QED) is 0.172. The van der Waals surface area contributed by atoms with Gasteiger partial charge in [0.2, 0.25) is 0 Å². The molecule has 2 aromatic rings. The second kappa shape index (κ2) is 24.5. The van der Waals surface area contributed by atoms with Crippen LogP contribution >= 0.6 is 23.2 Å². The number of likely N-dealkylation sites (tertiary alicyclic amines) is 2. The van der Waals surface area contributed by atoms with Crippen LogP contribution in [-0.2, 0) is 9.59 Å². The van der Waals surface area contributed by atoms with Gasteiger partial charge in [-0.2, -0.15) is 0 Å². The Labute approximate surface area is 299 Å². The van der Waals surface area contributed by atoms with Gasteiger partial charge in [-0.1, -0.05) is 60.3 Å². The fourth-order valence-electron chi connectivity index (χ4n) is 5.75. The van der Waals surface area contributed by atoms with E-state index >= 15 is 0 Å². The lowest BCUT2D eigenvalue weighted by molar-refractivity contribution is -0.889. The van der Waals surface area contributed by atoms with Crippen LogP contribution in [0, 0.1) is 0 Å². The summed E-state index contributed by atoms with van der Waals surface area (Å²) in [7, 11) is 0. The number of hydrogen-bond acceptors (Lipinski definition) is 4. The molecule has 2 unspecified atom stereocenters. The number of hydrogen-bond donors (Lipinski definition) is 4. The van der Waals surface area contributed by atoms with Crippen LogP contribution in [0.3, 0.4) is 0 Å². The van der Waals surface area contributed by atoms with Gasteiger partial charge in [0.1, 0.15) is 0 Å². The number of piperidine rings is 2. The molecule has 2 aliphatic heterocycles. The molecule has 0 aliphatic carbocycles. The Morgan fingerprint density at radius 1 is 0.630 bits per heavy atom. The molecule has 0 spiro atoms. The first kappa shape index (κ1) is 42.4. The molecule has 260 valence electrons. The maximum atomic E-state index is 12.2. The molecule has 46 heavy (non-hydrogen) atoms. The molecule has 8 nitrogen and oxygen atoms in total. The highest BCUT2D eigenvalue weighted by molar-refractivity contribution is 6.34. The van der Waals surface area contributed by atoms with E-state index in [0.717, 1.165) is 39.3 Å². The first-order chi connectivity index (χ1) is 21.4. The van der Waals surface area contributed by atoms with E-state index < -0.39 is 0 Å². The average molecular weight is 721 g/mol. The molecule has 4 rings (SSSR count). The number of carbonyl (C=O) groups is 2. The molecule has 2 saturated heterocycles. The summed E-state index contributed by atoms with van der Waals surface area (Å²) in [5.41, 5.74) is 1.39. The van der Waals surface area contributed by atoms with E-state index in [1.54, 1.807) is 12.1 Å². The molecule has 2 fully saturated rings. The largest absolute Gasteiger partial charge is 1.00 e. The Kier molecular flexibility index (Phi) is 22.6. The van der Waals surface area contributed by atoms with Crippen molar-refractivity contribution in [3.63, 3.8) is 0 Å². The third-order valence-corrected chi connectivity index (χ3v) is 9.24. The van der Waals surface area contributed by atoms with Crippen LogP contribution < -0.4 is 45.2 Å². The van der Waals surface area contributed by atoms with Crippen LogP contribution in [0.15, 0.2) is 48.5 Å². The maximum absolute atomic E-state index is 12.2. The number of halogens is 4. The van der Waals surface area contributed by atoms with Crippen molar-refractivity contribution >= 4 is 46.4 Å². The standard InChI is InChI=1S/2C17H26ClN3O.2ClH/c2*1-2-20(12-13-21-10-6-3-7-11-21)14-17(22)19-16-9-5-4-8-15(16)18;;/h2*4-5,8-9H,2-3,6-7,10-14H2,1H3,(H,19,22);2*1H. The zero-order valence-electron chi connectivity index (χ0n) is 27.6. The predicted molar refractivity (Wildman–Crippen MR) is 183 cm³/mol. The highest BCUT2D eigenvalue weighted by Gasteiger charge is 2.18. The summed E-state index contributed by atoms with van der Waals surface area (Å²) in [6.45, 7) is 16.2. The number of nitrogens with zero attached hydrogens (tertiary/aromatic N) is 2. The summed E-state index contributed by atoms with van der Waals surface area (Å²) in [4.78, 5) is 32.0. The fourth-order valence-corrected chi connectivity index (χ4v) is 6.11. The van der Waals surface area contributed by atoms with Crippen molar-refractivity contribution in [2.75, 3.05) is 89.2 Å². The number of nitrogens with one attached hydrogen (secondary N) is 4. The lowest BCUT2D eigenvalue weighted by Crippen LogP contribution is -3.13. The number of anilines is 2. The summed E-state index contributed by atoms with van der Waals surface area (Å²) in [5, 5.41) is 6.99. The predicted octanol–water partition coefficient (Wildman–Crippen LogP) is -2.65. The van der Waals surface area contributed by atoms with Crippen molar-refractivity contribution in [2.24, 2.45) is 0 Å². The van der Waals surface area contributed by atoms with Gasteiger partial charge < -0.3 is 45.2 Å². The van der Waals surface area contributed by atoms with Crippen molar-refractivity contribution in [3.8, 4) is 0 Å². The molecule has 0 aromatic heterocycles. The molecule has 0 saturated carbocycles. The number of quaternary nitrogens is 2. The first-order valence-electron chi connectivity index (χ1n) is 16.6. The minimum atomic E-state index is 0. The summed E-state index contributed by atoms with van der Waals surface area (Å²) in [6.07, 6.45) is 7.98. The monoisotopic (exact) mass is 718 g/mol. The fraction of sp³-hybridized carbons (Fsp3) is 0.588. The van der Waals surface area contributed by atoms with E-state index in [0.29, 0.717) is 34.5 Å². The van der Waals surface area contributed by atoms with Crippen LogP contribution in [0.25, 0.3) is 0 Å². The van der Waals surface area contributed by atoms with Crippen LogP contribution in [-0.4, -0.2) is 100 Å². The van der Waals surface area contributed by atoms with Gasteiger partial charge in [-0.15, -0.1) is 0 Å².